The van der Waals surface area contributed by atoms with Crippen LogP contribution >= 0.6 is 38.5 Å². The summed E-state index contributed by atoms with van der Waals surface area (Å²) in [4.78, 5) is 0. The Hall–Kier alpha value is -0.460. The average molecular weight is 434 g/mol. The zero-order chi connectivity index (χ0) is 14.0. The van der Waals surface area contributed by atoms with Crippen molar-refractivity contribution in [3.8, 4) is 0 Å². The topological polar surface area (TPSA) is 12.0 Å². The molecule has 2 aromatic rings. The van der Waals surface area contributed by atoms with Crippen LogP contribution in [-0.2, 0) is 0 Å². The smallest absolute Gasteiger partial charge is 0.123 e. The van der Waals surface area contributed by atoms with E-state index in [2.05, 4.69) is 56.0 Å². The summed E-state index contributed by atoms with van der Waals surface area (Å²) < 4.78 is 15.5. The molecule has 1 atom stereocenters. The van der Waals surface area contributed by atoms with Crippen LogP contribution in [0, 0.1) is 16.3 Å². The van der Waals surface area contributed by atoms with Crippen molar-refractivity contribution in [3.05, 3.63) is 66.9 Å². The van der Waals surface area contributed by atoms with Gasteiger partial charge in [-0.25, -0.2) is 4.39 Å². The number of aryl methyl sites for hydroxylation is 1. The third kappa shape index (κ3) is 3.35. The van der Waals surface area contributed by atoms with Gasteiger partial charge in [0.1, 0.15) is 5.82 Å². The van der Waals surface area contributed by atoms with Crippen molar-refractivity contribution >= 4 is 38.5 Å². The fourth-order valence-electron chi connectivity index (χ4n) is 2.18. The molecule has 0 amide bonds. The molecule has 0 aromatic heterocycles. The monoisotopic (exact) mass is 433 g/mol. The molecule has 0 aliphatic rings. The Balaban J connectivity index is 2.52. The quantitative estimate of drug-likeness (QED) is 0.685. The van der Waals surface area contributed by atoms with Crippen LogP contribution in [0.4, 0.5) is 4.39 Å². The van der Waals surface area contributed by atoms with E-state index in [1.165, 1.54) is 15.2 Å². The van der Waals surface area contributed by atoms with Crippen molar-refractivity contribution in [1.29, 1.82) is 0 Å². The van der Waals surface area contributed by atoms with Gasteiger partial charge in [0.05, 0.1) is 6.04 Å². The lowest BCUT2D eigenvalue weighted by molar-refractivity contribution is 0.621. The Labute approximate surface area is 134 Å². The Morgan fingerprint density at radius 1 is 1.16 bits per heavy atom. The summed E-state index contributed by atoms with van der Waals surface area (Å²) in [5.74, 6) is -0.194. The molecule has 2 rings (SSSR count). The maximum atomic E-state index is 13.2. The largest absolute Gasteiger partial charge is 0.309 e. The highest BCUT2D eigenvalue weighted by atomic mass is 127. The van der Waals surface area contributed by atoms with Gasteiger partial charge in [-0.05, 0) is 83.6 Å². The van der Waals surface area contributed by atoms with E-state index in [0.29, 0.717) is 0 Å². The second-order valence-corrected chi connectivity index (χ2v) is 6.47. The number of rotatable bonds is 3. The van der Waals surface area contributed by atoms with Crippen molar-refractivity contribution in [3.63, 3.8) is 0 Å². The fraction of sp³-hybridized carbons (Fsp3) is 0.200. The predicted molar refractivity (Wildman–Crippen MR) is 88.9 cm³/mol. The Morgan fingerprint density at radius 3 is 2.53 bits per heavy atom. The number of halogens is 3. The lowest BCUT2D eigenvalue weighted by atomic mass is 9.95. The second-order valence-electron chi connectivity index (χ2n) is 4.39. The molecule has 2 aromatic carbocycles. The second kappa shape index (κ2) is 6.33. The summed E-state index contributed by atoms with van der Waals surface area (Å²) >= 11 is 5.83. The van der Waals surface area contributed by atoms with Gasteiger partial charge in [-0.3, -0.25) is 0 Å². The first-order valence-corrected chi connectivity index (χ1v) is 7.78. The molecular formula is C15H14BrFIN. The van der Waals surface area contributed by atoms with Crippen molar-refractivity contribution in [2.24, 2.45) is 0 Å². The SMILES string of the molecule is CNC(c1ccc(F)cc1C)c1cc(Br)ccc1I. The summed E-state index contributed by atoms with van der Waals surface area (Å²) in [7, 11) is 1.92. The van der Waals surface area contributed by atoms with Gasteiger partial charge in [-0.15, -0.1) is 0 Å². The maximum Gasteiger partial charge on any atom is 0.123 e. The van der Waals surface area contributed by atoms with Crippen LogP contribution in [0.15, 0.2) is 40.9 Å². The minimum atomic E-state index is -0.194. The molecular weight excluding hydrogens is 420 g/mol. The first-order valence-electron chi connectivity index (χ1n) is 5.91. The Morgan fingerprint density at radius 2 is 1.89 bits per heavy atom. The molecule has 0 aliphatic heterocycles. The van der Waals surface area contributed by atoms with E-state index < -0.39 is 0 Å². The zero-order valence-corrected chi connectivity index (χ0v) is 14.4. The zero-order valence-electron chi connectivity index (χ0n) is 10.7. The highest BCUT2D eigenvalue weighted by molar-refractivity contribution is 14.1. The molecule has 0 saturated carbocycles. The molecule has 0 spiro atoms. The molecule has 0 fully saturated rings. The first kappa shape index (κ1) is 14.9. The highest BCUT2D eigenvalue weighted by Crippen LogP contribution is 2.30. The molecule has 1 N–H and O–H groups in total. The van der Waals surface area contributed by atoms with Crippen LogP contribution in [0.5, 0.6) is 0 Å². The molecule has 1 unspecified atom stereocenters. The lowest BCUT2D eigenvalue weighted by Crippen LogP contribution is -2.19. The van der Waals surface area contributed by atoms with Crippen LogP contribution in [0.3, 0.4) is 0 Å². The van der Waals surface area contributed by atoms with Crippen LogP contribution in [0.1, 0.15) is 22.7 Å². The first-order chi connectivity index (χ1) is 9.02. The summed E-state index contributed by atoms with van der Waals surface area (Å²) in [6.07, 6.45) is 0. The van der Waals surface area contributed by atoms with E-state index in [1.54, 1.807) is 6.07 Å². The average Bonchev–Trinajstić information content (AvgIpc) is 2.36. The molecule has 4 heteroatoms. The maximum absolute atomic E-state index is 13.2. The molecule has 0 bridgehead atoms. The van der Waals surface area contributed by atoms with Crippen molar-refractivity contribution in [2.75, 3.05) is 7.05 Å². The summed E-state index contributed by atoms with van der Waals surface area (Å²) in [5.41, 5.74) is 3.24. The van der Waals surface area contributed by atoms with Crippen LogP contribution in [-0.4, -0.2) is 7.05 Å². The van der Waals surface area contributed by atoms with Gasteiger partial charge in [0, 0.05) is 8.04 Å². The number of benzene rings is 2. The van der Waals surface area contributed by atoms with Gasteiger partial charge >= 0.3 is 0 Å². The molecule has 100 valence electrons. The fourth-order valence-corrected chi connectivity index (χ4v) is 3.20. The molecule has 0 aliphatic carbocycles. The third-order valence-corrected chi connectivity index (χ3v) is 4.58. The van der Waals surface area contributed by atoms with Gasteiger partial charge in [0.2, 0.25) is 0 Å². The van der Waals surface area contributed by atoms with Crippen molar-refractivity contribution in [2.45, 2.75) is 13.0 Å². The molecule has 19 heavy (non-hydrogen) atoms. The predicted octanol–water partition coefficient (Wildman–Crippen LogP) is 4.81. The van der Waals surface area contributed by atoms with E-state index in [4.69, 9.17) is 0 Å². The minimum absolute atomic E-state index is 0.0602. The summed E-state index contributed by atoms with van der Waals surface area (Å²) in [5, 5.41) is 3.31. The van der Waals surface area contributed by atoms with Crippen molar-refractivity contribution < 1.29 is 4.39 Å². The summed E-state index contributed by atoms with van der Waals surface area (Å²) in [6, 6.07) is 11.2. The molecule has 0 heterocycles. The van der Waals surface area contributed by atoms with Crippen LogP contribution in [0.25, 0.3) is 0 Å². The van der Waals surface area contributed by atoms with E-state index in [1.807, 2.05) is 26.1 Å². The van der Waals surface area contributed by atoms with E-state index in [-0.39, 0.29) is 11.9 Å². The lowest BCUT2D eigenvalue weighted by Gasteiger charge is -2.21. The Bertz CT molecular complexity index is 601. The van der Waals surface area contributed by atoms with Gasteiger partial charge in [0.25, 0.3) is 0 Å². The minimum Gasteiger partial charge on any atom is -0.309 e. The summed E-state index contributed by atoms with van der Waals surface area (Å²) in [6.45, 7) is 1.94. The van der Waals surface area contributed by atoms with Gasteiger partial charge in [-0.2, -0.15) is 0 Å². The number of hydrogen-bond donors (Lipinski definition) is 1. The van der Waals surface area contributed by atoms with E-state index in [0.717, 1.165) is 15.6 Å². The third-order valence-electron chi connectivity index (χ3n) is 3.10. The molecule has 0 radical (unpaired) electrons. The Kier molecular flexibility index (Phi) is 4.97. The van der Waals surface area contributed by atoms with E-state index >= 15 is 0 Å². The standard InChI is InChI=1S/C15H14BrFIN/c1-9-7-11(17)4-5-12(9)15(19-2)13-8-10(16)3-6-14(13)18/h3-8,15,19H,1-2H3. The van der Waals surface area contributed by atoms with Gasteiger partial charge < -0.3 is 5.32 Å². The van der Waals surface area contributed by atoms with Crippen molar-refractivity contribution in [1.82, 2.24) is 5.32 Å². The molecule has 0 saturated heterocycles. The number of nitrogens with one attached hydrogen (secondary N) is 1. The van der Waals surface area contributed by atoms with Gasteiger partial charge in [-0.1, -0.05) is 22.0 Å². The van der Waals surface area contributed by atoms with E-state index in [9.17, 15) is 4.39 Å². The highest BCUT2D eigenvalue weighted by Gasteiger charge is 2.17. The number of hydrogen-bond acceptors (Lipinski definition) is 1. The van der Waals surface area contributed by atoms with Crippen LogP contribution < -0.4 is 5.32 Å². The normalized spacial score (nSPS) is 12.5. The van der Waals surface area contributed by atoms with Gasteiger partial charge in [0.15, 0.2) is 0 Å². The van der Waals surface area contributed by atoms with Crippen LogP contribution in [0.2, 0.25) is 0 Å². The molecule has 1 nitrogen and oxygen atoms in total.